The highest BCUT2D eigenvalue weighted by Crippen LogP contribution is 2.32. The molecule has 1 unspecified atom stereocenters. The number of aryl methyl sites for hydroxylation is 2. The van der Waals surface area contributed by atoms with Gasteiger partial charge in [0.15, 0.2) is 12.0 Å². The van der Waals surface area contributed by atoms with Gasteiger partial charge in [-0.1, -0.05) is 23.8 Å². The standard InChI is InChI=1S/C16H20FN5/c1-9-6-7-11-4-3-5-13(12(11)8-9)19-16-21-14(10(2)17)20-15(18)22-16/h6-8,10,13H,3-5H2,1-2H3,(H3,18,19,20,21,22)/t10-,13?/m1/s1. The molecule has 0 saturated carbocycles. The van der Waals surface area contributed by atoms with Crippen LogP contribution in [0.1, 0.15) is 54.5 Å². The summed E-state index contributed by atoms with van der Waals surface area (Å²) in [7, 11) is 0. The number of hydrogen-bond donors (Lipinski definition) is 2. The van der Waals surface area contributed by atoms with Crippen LogP contribution in [0.2, 0.25) is 0 Å². The van der Waals surface area contributed by atoms with Crippen LogP contribution in [0.4, 0.5) is 16.3 Å². The van der Waals surface area contributed by atoms with Crippen LogP contribution in [0.3, 0.4) is 0 Å². The zero-order valence-electron chi connectivity index (χ0n) is 12.8. The molecule has 0 saturated heterocycles. The average molecular weight is 301 g/mol. The van der Waals surface area contributed by atoms with E-state index in [9.17, 15) is 4.39 Å². The van der Waals surface area contributed by atoms with Crippen LogP contribution < -0.4 is 11.1 Å². The second-order valence-electron chi connectivity index (χ2n) is 5.78. The summed E-state index contributed by atoms with van der Waals surface area (Å²) in [5.74, 6) is 0.443. The molecule has 0 bridgehead atoms. The maximum absolute atomic E-state index is 13.4. The number of rotatable bonds is 3. The molecule has 1 aliphatic carbocycles. The van der Waals surface area contributed by atoms with Gasteiger partial charge in [0.25, 0.3) is 0 Å². The van der Waals surface area contributed by atoms with E-state index in [1.165, 1.54) is 23.6 Å². The van der Waals surface area contributed by atoms with Gasteiger partial charge in [-0.2, -0.15) is 15.0 Å². The molecule has 116 valence electrons. The number of benzene rings is 1. The molecule has 0 amide bonds. The Hall–Kier alpha value is -2.24. The van der Waals surface area contributed by atoms with Gasteiger partial charge >= 0.3 is 0 Å². The van der Waals surface area contributed by atoms with Crippen molar-refractivity contribution in [3.05, 3.63) is 40.7 Å². The summed E-state index contributed by atoms with van der Waals surface area (Å²) in [6.07, 6.45) is 1.90. The maximum atomic E-state index is 13.4. The minimum Gasteiger partial charge on any atom is -0.368 e. The molecule has 6 heteroatoms. The van der Waals surface area contributed by atoms with Crippen LogP contribution in [0, 0.1) is 6.92 Å². The van der Waals surface area contributed by atoms with Gasteiger partial charge in [0.1, 0.15) is 0 Å². The van der Waals surface area contributed by atoms with Crippen LogP contribution in [-0.2, 0) is 6.42 Å². The normalized spacial score (nSPS) is 18.6. The van der Waals surface area contributed by atoms with Crippen molar-refractivity contribution in [2.75, 3.05) is 11.1 Å². The van der Waals surface area contributed by atoms with Crippen molar-refractivity contribution in [1.82, 2.24) is 15.0 Å². The zero-order valence-corrected chi connectivity index (χ0v) is 12.8. The summed E-state index contributed by atoms with van der Waals surface area (Å²) >= 11 is 0. The topological polar surface area (TPSA) is 76.7 Å². The molecule has 22 heavy (non-hydrogen) atoms. The number of nitrogens with two attached hydrogens (primary N) is 1. The van der Waals surface area contributed by atoms with Gasteiger partial charge in [-0.15, -0.1) is 0 Å². The van der Waals surface area contributed by atoms with Crippen LogP contribution >= 0.6 is 0 Å². The first-order valence-corrected chi connectivity index (χ1v) is 7.54. The fourth-order valence-electron chi connectivity index (χ4n) is 2.88. The maximum Gasteiger partial charge on any atom is 0.228 e. The van der Waals surface area contributed by atoms with E-state index in [0.717, 1.165) is 19.3 Å². The Morgan fingerprint density at radius 1 is 1.32 bits per heavy atom. The minimum atomic E-state index is -1.27. The number of nitrogen functional groups attached to an aromatic ring is 1. The second kappa shape index (κ2) is 5.87. The van der Waals surface area contributed by atoms with E-state index in [0.29, 0.717) is 5.95 Å². The smallest absolute Gasteiger partial charge is 0.228 e. The first kappa shape index (κ1) is 14.7. The van der Waals surface area contributed by atoms with Crippen molar-refractivity contribution in [2.45, 2.75) is 45.3 Å². The summed E-state index contributed by atoms with van der Waals surface area (Å²) in [6.45, 7) is 3.47. The van der Waals surface area contributed by atoms with Gasteiger partial charge in [0, 0.05) is 0 Å². The lowest BCUT2D eigenvalue weighted by Gasteiger charge is -2.27. The number of fused-ring (bicyclic) bond motifs is 1. The summed E-state index contributed by atoms with van der Waals surface area (Å²) in [5.41, 5.74) is 9.48. The lowest BCUT2D eigenvalue weighted by molar-refractivity contribution is 0.356. The van der Waals surface area contributed by atoms with Crippen molar-refractivity contribution in [3.8, 4) is 0 Å². The molecular formula is C16H20FN5. The summed E-state index contributed by atoms with van der Waals surface area (Å²) in [4.78, 5) is 12.0. The predicted octanol–water partition coefficient (Wildman–Crippen LogP) is 3.28. The second-order valence-corrected chi connectivity index (χ2v) is 5.78. The first-order chi connectivity index (χ1) is 10.5. The molecule has 2 atom stereocenters. The number of hydrogen-bond acceptors (Lipinski definition) is 5. The lowest BCUT2D eigenvalue weighted by atomic mass is 9.87. The molecule has 0 radical (unpaired) electrons. The van der Waals surface area contributed by atoms with Crippen LogP contribution in [-0.4, -0.2) is 15.0 Å². The highest BCUT2D eigenvalue weighted by Gasteiger charge is 2.21. The van der Waals surface area contributed by atoms with Gasteiger partial charge in [-0.3, -0.25) is 0 Å². The van der Waals surface area contributed by atoms with Crippen molar-refractivity contribution in [3.63, 3.8) is 0 Å². The number of halogens is 1. The molecule has 1 aromatic carbocycles. The Morgan fingerprint density at radius 3 is 2.91 bits per heavy atom. The Morgan fingerprint density at radius 2 is 2.14 bits per heavy atom. The van der Waals surface area contributed by atoms with Crippen LogP contribution in [0.5, 0.6) is 0 Å². The third kappa shape index (κ3) is 3.00. The number of nitrogens with one attached hydrogen (secondary N) is 1. The van der Waals surface area contributed by atoms with E-state index in [1.807, 2.05) is 0 Å². The zero-order chi connectivity index (χ0) is 15.7. The molecule has 5 nitrogen and oxygen atoms in total. The Bertz CT molecular complexity index is 686. The molecule has 0 fully saturated rings. The summed E-state index contributed by atoms with van der Waals surface area (Å²) < 4.78 is 13.4. The highest BCUT2D eigenvalue weighted by atomic mass is 19.1. The number of alkyl halides is 1. The highest BCUT2D eigenvalue weighted by molar-refractivity contribution is 5.41. The monoisotopic (exact) mass is 301 g/mol. The van der Waals surface area contributed by atoms with E-state index in [1.54, 1.807) is 0 Å². The van der Waals surface area contributed by atoms with Crippen molar-refractivity contribution < 1.29 is 4.39 Å². The number of nitrogens with zero attached hydrogens (tertiary/aromatic N) is 3. The first-order valence-electron chi connectivity index (χ1n) is 7.54. The minimum absolute atomic E-state index is 0.0391. The molecule has 1 heterocycles. The molecular weight excluding hydrogens is 281 g/mol. The Labute approximate surface area is 129 Å². The molecule has 2 aromatic rings. The average Bonchev–Trinajstić information content (AvgIpc) is 2.47. The molecule has 1 aromatic heterocycles. The van der Waals surface area contributed by atoms with E-state index < -0.39 is 6.17 Å². The summed E-state index contributed by atoms with van der Waals surface area (Å²) in [5, 5.41) is 3.29. The number of anilines is 2. The SMILES string of the molecule is Cc1ccc2c(c1)C(Nc1nc(N)nc([C@@H](C)F)n1)CCC2. The van der Waals surface area contributed by atoms with E-state index in [2.05, 4.69) is 45.4 Å². The van der Waals surface area contributed by atoms with Crippen molar-refractivity contribution in [2.24, 2.45) is 0 Å². The molecule has 0 spiro atoms. The third-order valence-corrected chi connectivity index (χ3v) is 3.94. The molecule has 3 N–H and O–H groups in total. The third-order valence-electron chi connectivity index (χ3n) is 3.94. The van der Waals surface area contributed by atoms with Crippen LogP contribution in [0.15, 0.2) is 18.2 Å². The van der Waals surface area contributed by atoms with Crippen molar-refractivity contribution in [1.29, 1.82) is 0 Å². The Balaban J connectivity index is 1.90. The van der Waals surface area contributed by atoms with Gasteiger partial charge in [-0.05, 0) is 44.2 Å². The van der Waals surface area contributed by atoms with Gasteiger partial charge in [0.05, 0.1) is 6.04 Å². The summed E-state index contributed by atoms with van der Waals surface area (Å²) in [6, 6.07) is 6.61. The predicted molar refractivity (Wildman–Crippen MR) is 84.2 cm³/mol. The van der Waals surface area contributed by atoms with E-state index in [-0.39, 0.29) is 17.8 Å². The Kier molecular flexibility index (Phi) is 3.92. The largest absolute Gasteiger partial charge is 0.368 e. The van der Waals surface area contributed by atoms with Gasteiger partial charge in [-0.25, -0.2) is 4.39 Å². The van der Waals surface area contributed by atoms with E-state index >= 15 is 0 Å². The van der Waals surface area contributed by atoms with Crippen LogP contribution in [0.25, 0.3) is 0 Å². The molecule has 1 aliphatic rings. The quantitative estimate of drug-likeness (QED) is 0.909. The fourth-order valence-corrected chi connectivity index (χ4v) is 2.88. The van der Waals surface area contributed by atoms with Crippen molar-refractivity contribution >= 4 is 11.9 Å². The fraction of sp³-hybridized carbons (Fsp3) is 0.438. The number of aromatic nitrogens is 3. The molecule has 0 aliphatic heterocycles. The lowest BCUT2D eigenvalue weighted by Crippen LogP contribution is -2.20. The molecule has 3 rings (SSSR count). The van der Waals surface area contributed by atoms with E-state index in [4.69, 9.17) is 5.73 Å². The van der Waals surface area contributed by atoms with Gasteiger partial charge in [0.2, 0.25) is 11.9 Å². The van der Waals surface area contributed by atoms with Gasteiger partial charge < -0.3 is 11.1 Å².